The molecule has 2 aliphatic rings. The van der Waals surface area contributed by atoms with Crippen LogP contribution in [0.5, 0.6) is 5.75 Å². The van der Waals surface area contributed by atoms with Crippen molar-refractivity contribution in [2.75, 3.05) is 12.0 Å². The fourth-order valence-electron chi connectivity index (χ4n) is 5.62. The number of halogens is 1. The molecule has 1 aliphatic heterocycles. The van der Waals surface area contributed by atoms with Crippen LogP contribution in [0.2, 0.25) is 0 Å². The zero-order valence-electron chi connectivity index (χ0n) is 23.5. The SMILES string of the molecule is COc1ccc(C(=O)[C@H](C)OC(=O)c2cc(-c3ccc(N4C(=O)[C@H]5CC=CC[C@H]5C4=O)cc3)nc3ccc(Br)cc23)cc1. The lowest BCUT2D eigenvalue weighted by molar-refractivity contribution is -0.122. The van der Waals surface area contributed by atoms with Crippen LogP contribution in [0.3, 0.4) is 0 Å². The van der Waals surface area contributed by atoms with E-state index in [-0.39, 0.29) is 35.0 Å². The van der Waals surface area contributed by atoms with E-state index in [0.29, 0.717) is 52.0 Å². The topological polar surface area (TPSA) is 103 Å². The van der Waals surface area contributed by atoms with Crippen molar-refractivity contribution in [3.63, 3.8) is 0 Å². The summed E-state index contributed by atoms with van der Waals surface area (Å²) in [5.74, 6) is -1.37. The summed E-state index contributed by atoms with van der Waals surface area (Å²) in [5, 5.41) is 0.563. The maximum atomic E-state index is 13.5. The molecule has 216 valence electrons. The number of ketones is 1. The van der Waals surface area contributed by atoms with E-state index in [1.54, 1.807) is 73.8 Å². The molecule has 0 unspecified atom stereocenters. The lowest BCUT2D eigenvalue weighted by Gasteiger charge is -2.16. The second kappa shape index (κ2) is 11.6. The fourth-order valence-corrected chi connectivity index (χ4v) is 5.98. The highest BCUT2D eigenvalue weighted by atomic mass is 79.9. The summed E-state index contributed by atoms with van der Waals surface area (Å²) >= 11 is 3.46. The van der Waals surface area contributed by atoms with E-state index in [4.69, 9.17) is 14.5 Å². The zero-order chi connectivity index (χ0) is 30.2. The molecular formula is C34H27BrN2O6. The molecule has 8 nitrogen and oxygen atoms in total. The highest BCUT2D eigenvalue weighted by Crippen LogP contribution is 2.38. The summed E-state index contributed by atoms with van der Waals surface area (Å²) in [6, 6.07) is 20.6. The van der Waals surface area contributed by atoms with Gasteiger partial charge in [-0.15, -0.1) is 0 Å². The number of aromatic nitrogens is 1. The number of pyridine rings is 1. The smallest absolute Gasteiger partial charge is 0.339 e. The first-order valence-electron chi connectivity index (χ1n) is 13.9. The molecule has 43 heavy (non-hydrogen) atoms. The molecule has 2 amide bonds. The molecule has 1 fully saturated rings. The van der Waals surface area contributed by atoms with Crippen molar-refractivity contribution in [2.24, 2.45) is 11.8 Å². The van der Waals surface area contributed by atoms with Gasteiger partial charge in [0, 0.05) is 21.0 Å². The quantitative estimate of drug-likeness (QED) is 0.0978. The maximum absolute atomic E-state index is 13.5. The van der Waals surface area contributed by atoms with Gasteiger partial charge in [0.15, 0.2) is 6.10 Å². The number of anilines is 1. The number of nitrogens with zero attached hydrogens (tertiary/aromatic N) is 2. The van der Waals surface area contributed by atoms with Crippen LogP contribution < -0.4 is 9.64 Å². The third kappa shape index (κ3) is 5.36. The predicted molar refractivity (Wildman–Crippen MR) is 165 cm³/mol. The minimum Gasteiger partial charge on any atom is -0.497 e. The Hall–Kier alpha value is -4.63. The molecule has 1 saturated heterocycles. The number of allylic oxidation sites excluding steroid dienone is 2. The Balaban J connectivity index is 1.29. The Morgan fingerprint density at radius 3 is 2.19 bits per heavy atom. The summed E-state index contributed by atoms with van der Waals surface area (Å²) in [6.45, 7) is 1.54. The second-order valence-corrected chi connectivity index (χ2v) is 11.5. The number of Topliss-reactive ketones (excluding diaryl/α,β-unsaturated/α-hetero) is 1. The molecule has 0 bridgehead atoms. The number of hydrogen-bond acceptors (Lipinski definition) is 7. The van der Waals surface area contributed by atoms with Gasteiger partial charge in [-0.1, -0.05) is 40.2 Å². The largest absolute Gasteiger partial charge is 0.497 e. The molecular weight excluding hydrogens is 612 g/mol. The minimum absolute atomic E-state index is 0.176. The first-order chi connectivity index (χ1) is 20.7. The van der Waals surface area contributed by atoms with Crippen LogP contribution in [-0.2, 0) is 14.3 Å². The zero-order valence-corrected chi connectivity index (χ0v) is 25.0. The number of carbonyl (C=O) groups excluding carboxylic acids is 4. The summed E-state index contributed by atoms with van der Waals surface area (Å²) < 4.78 is 11.6. The molecule has 0 radical (unpaired) electrons. The van der Waals surface area contributed by atoms with E-state index in [1.807, 2.05) is 18.2 Å². The summed E-state index contributed by atoms with van der Waals surface area (Å²) in [6.07, 6.45) is 4.03. The van der Waals surface area contributed by atoms with E-state index in [9.17, 15) is 19.2 Å². The van der Waals surface area contributed by atoms with Crippen molar-refractivity contribution < 1.29 is 28.7 Å². The van der Waals surface area contributed by atoms with Crippen molar-refractivity contribution in [1.82, 2.24) is 4.98 Å². The fraction of sp³-hybridized carbons (Fsp3) is 0.206. The van der Waals surface area contributed by atoms with E-state index >= 15 is 0 Å². The average Bonchev–Trinajstić information content (AvgIpc) is 3.29. The standard InChI is InChI=1S/C34H27BrN2O6/c1-19(31(38)21-9-14-24(42-2)15-10-21)43-34(41)28-18-30(36-29-16-11-22(35)17-27(28)29)20-7-12-23(13-8-20)37-32(39)25-5-3-4-6-26(25)33(37)40/h3-4,7-19,25-26H,5-6H2,1-2H3/t19-,25-,26+/m0/s1. The third-order valence-corrected chi connectivity index (χ3v) is 8.44. The van der Waals surface area contributed by atoms with Crippen molar-refractivity contribution >= 4 is 56.1 Å². The molecule has 2 heterocycles. The number of fused-ring (bicyclic) bond motifs is 2. The van der Waals surface area contributed by atoms with Crippen molar-refractivity contribution in [3.8, 4) is 17.0 Å². The van der Waals surface area contributed by atoms with Crippen molar-refractivity contribution in [1.29, 1.82) is 0 Å². The van der Waals surface area contributed by atoms with Crippen molar-refractivity contribution in [3.05, 3.63) is 101 Å². The Bertz CT molecular complexity index is 1770. The normalized spacial score (nSPS) is 18.4. The molecule has 1 aliphatic carbocycles. The average molecular weight is 640 g/mol. The van der Waals surface area contributed by atoms with Crippen LogP contribution in [0.1, 0.15) is 40.5 Å². The van der Waals surface area contributed by atoms with Crippen LogP contribution in [-0.4, -0.2) is 41.8 Å². The number of amides is 2. The number of methoxy groups -OCH3 is 1. The highest BCUT2D eigenvalue weighted by Gasteiger charge is 2.47. The molecule has 3 atom stereocenters. The van der Waals surface area contributed by atoms with Gasteiger partial charge in [0.25, 0.3) is 0 Å². The van der Waals surface area contributed by atoms with Crippen LogP contribution >= 0.6 is 15.9 Å². The molecule has 0 N–H and O–H groups in total. The van der Waals surface area contributed by atoms with Gasteiger partial charge in [0.05, 0.1) is 41.4 Å². The Labute approximate surface area is 256 Å². The van der Waals surface area contributed by atoms with Gasteiger partial charge in [-0.2, -0.15) is 0 Å². The Kier molecular flexibility index (Phi) is 7.66. The van der Waals surface area contributed by atoms with Gasteiger partial charge in [-0.3, -0.25) is 19.3 Å². The number of hydrogen-bond donors (Lipinski definition) is 0. The Morgan fingerprint density at radius 1 is 0.907 bits per heavy atom. The molecule has 0 spiro atoms. The first-order valence-corrected chi connectivity index (χ1v) is 14.7. The number of carbonyl (C=O) groups is 4. The number of ether oxygens (including phenoxy) is 2. The van der Waals surface area contributed by atoms with Gasteiger partial charge >= 0.3 is 5.97 Å². The maximum Gasteiger partial charge on any atom is 0.339 e. The van der Waals surface area contributed by atoms with E-state index in [1.165, 1.54) is 11.8 Å². The highest BCUT2D eigenvalue weighted by molar-refractivity contribution is 9.10. The predicted octanol–water partition coefficient (Wildman–Crippen LogP) is 6.56. The van der Waals surface area contributed by atoms with Crippen LogP contribution in [0.25, 0.3) is 22.2 Å². The molecule has 0 saturated carbocycles. The van der Waals surface area contributed by atoms with E-state index in [0.717, 1.165) is 4.47 Å². The molecule has 4 aromatic rings. The van der Waals surface area contributed by atoms with E-state index < -0.39 is 12.1 Å². The van der Waals surface area contributed by atoms with Gasteiger partial charge in [-0.05, 0) is 80.4 Å². The molecule has 1 aromatic heterocycles. The molecule has 9 heteroatoms. The van der Waals surface area contributed by atoms with Gasteiger partial charge in [-0.25, -0.2) is 9.78 Å². The summed E-state index contributed by atoms with van der Waals surface area (Å²) in [5.41, 5.74) is 2.90. The van der Waals surface area contributed by atoms with Crippen LogP contribution in [0.4, 0.5) is 5.69 Å². The molecule has 6 rings (SSSR count). The van der Waals surface area contributed by atoms with Gasteiger partial charge in [0.2, 0.25) is 17.6 Å². The van der Waals surface area contributed by atoms with Gasteiger partial charge in [0.1, 0.15) is 5.75 Å². The number of benzene rings is 3. The summed E-state index contributed by atoms with van der Waals surface area (Å²) in [7, 11) is 1.54. The second-order valence-electron chi connectivity index (χ2n) is 10.6. The number of esters is 1. The lowest BCUT2D eigenvalue weighted by atomic mass is 9.85. The third-order valence-electron chi connectivity index (χ3n) is 7.95. The summed E-state index contributed by atoms with van der Waals surface area (Å²) in [4.78, 5) is 58.6. The first kappa shape index (κ1) is 28.5. The Morgan fingerprint density at radius 2 is 1.56 bits per heavy atom. The van der Waals surface area contributed by atoms with Crippen LogP contribution in [0, 0.1) is 11.8 Å². The molecule has 3 aromatic carbocycles. The van der Waals surface area contributed by atoms with E-state index in [2.05, 4.69) is 15.9 Å². The van der Waals surface area contributed by atoms with Crippen molar-refractivity contribution in [2.45, 2.75) is 25.9 Å². The van der Waals surface area contributed by atoms with Gasteiger partial charge < -0.3 is 9.47 Å². The van der Waals surface area contributed by atoms with Crippen LogP contribution in [0.15, 0.2) is 89.4 Å². The lowest BCUT2D eigenvalue weighted by Crippen LogP contribution is -2.30. The minimum atomic E-state index is -1.03. The monoisotopic (exact) mass is 638 g/mol. The number of imide groups is 1. The number of rotatable bonds is 7.